The molecule has 1 aliphatic rings. The molecule has 0 fully saturated rings. The van der Waals surface area contributed by atoms with Crippen LogP contribution >= 0.6 is 15.9 Å². The van der Waals surface area contributed by atoms with E-state index in [-0.39, 0.29) is 25.4 Å². The number of Topliss-reactive ketones (excluding diaryl/α,β-unsaturated/α-hetero) is 1. The van der Waals surface area contributed by atoms with Gasteiger partial charge in [-0.1, -0.05) is 90.4 Å². The van der Waals surface area contributed by atoms with E-state index >= 15 is 0 Å². The Bertz CT molecular complexity index is 1160. The quantitative estimate of drug-likeness (QED) is 0.368. The molecule has 0 amide bonds. The molecule has 7 atom stereocenters. The van der Waals surface area contributed by atoms with Gasteiger partial charge in [0.05, 0.1) is 31.3 Å². The summed E-state index contributed by atoms with van der Waals surface area (Å²) in [5.74, 6) is -2.16. The average molecular weight is 632 g/mol. The van der Waals surface area contributed by atoms with Crippen LogP contribution in [0.15, 0.2) is 71.2 Å². The van der Waals surface area contributed by atoms with Gasteiger partial charge < -0.3 is 24.4 Å². The summed E-state index contributed by atoms with van der Waals surface area (Å²) in [4.78, 5) is 26.9. The molecule has 0 aromatic heterocycles. The number of carbonyl (C=O) groups is 2. The molecule has 0 saturated heterocycles. The fourth-order valence-corrected chi connectivity index (χ4v) is 5.54. The van der Waals surface area contributed by atoms with E-state index < -0.39 is 47.2 Å². The van der Waals surface area contributed by atoms with Crippen LogP contribution in [0.5, 0.6) is 0 Å². The van der Waals surface area contributed by atoms with E-state index in [0.29, 0.717) is 17.5 Å². The topological polar surface area (TPSA) is 102 Å². The summed E-state index contributed by atoms with van der Waals surface area (Å²) in [6.07, 6.45) is -0.267. The molecular weight excluding hydrogens is 588 g/mol. The number of carbonyl (C=O) groups excluding carboxylic acids is 2. The van der Waals surface area contributed by atoms with E-state index in [1.54, 1.807) is 19.9 Å². The van der Waals surface area contributed by atoms with Gasteiger partial charge in [0, 0.05) is 10.9 Å². The number of hydrogen-bond donors (Lipinski definition) is 2. The number of ketones is 1. The first-order valence-electron chi connectivity index (χ1n) is 14.2. The average Bonchev–Trinajstić information content (AvgIpc) is 2.95. The van der Waals surface area contributed by atoms with Gasteiger partial charge in [0.25, 0.3) is 0 Å². The molecule has 41 heavy (non-hydrogen) atoms. The maximum absolute atomic E-state index is 13.5. The minimum absolute atomic E-state index is 0.103. The Balaban J connectivity index is 1.96. The van der Waals surface area contributed by atoms with Gasteiger partial charge >= 0.3 is 5.97 Å². The highest BCUT2D eigenvalue weighted by molar-refractivity contribution is 9.11. The van der Waals surface area contributed by atoms with E-state index in [1.165, 1.54) is 6.92 Å². The molecule has 1 heterocycles. The summed E-state index contributed by atoms with van der Waals surface area (Å²) < 4.78 is 18.6. The predicted octanol–water partition coefficient (Wildman–Crippen LogP) is 5.89. The van der Waals surface area contributed by atoms with Gasteiger partial charge in [-0.3, -0.25) is 9.59 Å². The lowest BCUT2D eigenvalue weighted by atomic mass is 9.82. The van der Waals surface area contributed by atoms with Gasteiger partial charge in [0.15, 0.2) is 5.78 Å². The van der Waals surface area contributed by atoms with Crippen molar-refractivity contribution in [3.8, 4) is 0 Å². The van der Waals surface area contributed by atoms with Gasteiger partial charge in [-0.2, -0.15) is 0 Å². The third kappa shape index (κ3) is 9.06. The van der Waals surface area contributed by atoms with Crippen molar-refractivity contribution in [2.45, 2.75) is 96.6 Å². The summed E-state index contributed by atoms with van der Waals surface area (Å²) in [7, 11) is 0. The van der Waals surface area contributed by atoms with Crippen LogP contribution in [-0.4, -0.2) is 51.5 Å². The van der Waals surface area contributed by atoms with E-state index in [1.807, 2.05) is 74.5 Å². The minimum atomic E-state index is -1.70. The molecule has 0 bridgehead atoms. The van der Waals surface area contributed by atoms with Crippen LogP contribution in [0.2, 0.25) is 0 Å². The van der Waals surface area contributed by atoms with Crippen LogP contribution in [0.4, 0.5) is 0 Å². The standard InChI is InChI=1S/C33H43BrO7/c1-6-30-33(5,38)28(34)17-26(39-20-24-13-9-7-10-14-24)22(2)19-32(4,37)29(35)18-27(23(3)31(36)41-30)40-21-25-15-11-8-12-16-25/h7-17,22-23,26-27,30,37-38H,6,18-21H2,1-5H3/b28-17-/t22-,23-,26-,27+,30-,32-,33+/m1/s1. The lowest BCUT2D eigenvalue weighted by Gasteiger charge is -2.36. The van der Waals surface area contributed by atoms with Crippen LogP contribution in [0.3, 0.4) is 0 Å². The fraction of sp³-hybridized carbons (Fsp3) is 0.515. The van der Waals surface area contributed by atoms with Crippen molar-refractivity contribution in [2.75, 3.05) is 0 Å². The zero-order chi connectivity index (χ0) is 30.2. The number of ether oxygens (including phenoxy) is 3. The van der Waals surface area contributed by atoms with Gasteiger partial charge in [-0.15, -0.1) is 0 Å². The largest absolute Gasteiger partial charge is 0.459 e. The minimum Gasteiger partial charge on any atom is -0.459 e. The maximum atomic E-state index is 13.5. The van der Waals surface area contributed by atoms with Gasteiger partial charge in [0.2, 0.25) is 0 Å². The van der Waals surface area contributed by atoms with Crippen LogP contribution < -0.4 is 0 Å². The van der Waals surface area contributed by atoms with Crippen LogP contribution in [-0.2, 0) is 37.0 Å². The number of halogens is 1. The Morgan fingerprint density at radius 1 is 0.927 bits per heavy atom. The number of hydrogen-bond acceptors (Lipinski definition) is 7. The Kier molecular flexibility index (Phi) is 11.9. The van der Waals surface area contributed by atoms with Crippen molar-refractivity contribution >= 4 is 27.7 Å². The number of benzene rings is 2. The van der Waals surface area contributed by atoms with E-state index in [2.05, 4.69) is 15.9 Å². The second kappa shape index (κ2) is 14.7. The van der Waals surface area contributed by atoms with E-state index in [4.69, 9.17) is 14.2 Å². The Morgan fingerprint density at radius 3 is 2.00 bits per heavy atom. The highest BCUT2D eigenvalue weighted by atomic mass is 79.9. The van der Waals surface area contributed by atoms with Crippen molar-refractivity contribution in [1.29, 1.82) is 0 Å². The molecule has 0 saturated carbocycles. The van der Waals surface area contributed by atoms with Crippen LogP contribution in [0, 0.1) is 11.8 Å². The summed E-state index contributed by atoms with van der Waals surface area (Å²) >= 11 is 3.53. The maximum Gasteiger partial charge on any atom is 0.311 e. The smallest absolute Gasteiger partial charge is 0.311 e. The monoisotopic (exact) mass is 630 g/mol. The molecule has 0 spiro atoms. The van der Waals surface area contributed by atoms with Crippen molar-refractivity contribution in [2.24, 2.45) is 11.8 Å². The highest BCUT2D eigenvalue weighted by Gasteiger charge is 2.42. The third-order valence-electron chi connectivity index (χ3n) is 7.84. The van der Waals surface area contributed by atoms with Crippen molar-refractivity contribution in [3.05, 3.63) is 82.3 Å². The summed E-state index contributed by atoms with van der Waals surface area (Å²) in [5.41, 5.74) is -1.40. The lowest BCUT2D eigenvalue weighted by molar-refractivity contribution is -0.171. The SMILES string of the molecule is CC[C@H]1OC(=O)[C@H](C)[C@@H](OCc2ccccc2)CC(=O)[C@](C)(O)C[C@@H](C)[C@H](OCc2ccccc2)/C=C(\Br)[C@]1(C)O. The molecule has 2 N–H and O–H groups in total. The van der Waals surface area contributed by atoms with Crippen molar-refractivity contribution in [3.63, 3.8) is 0 Å². The molecule has 1 aliphatic heterocycles. The summed E-state index contributed by atoms with van der Waals surface area (Å²) in [6, 6.07) is 19.1. The predicted molar refractivity (Wildman–Crippen MR) is 161 cm³/mol. The molecule has 8 heteroatoms. The van der Waals surface area contributed by atoms with Crippen molar-refractivity contribution < 1.29 is 34.0 Å². The molecule has 224 valence electrons. The molecular formula is C33H43BrO7. The zero-order valence-corrected chi connectivity index (χ0v) is 26.2. The first-order valence-corrected chi connectivity index (χ1v) is 15.0. The summed E-state index contributed by atoms with van der Waals surface area (Å²) in [6.45, 7) is 8.94. The lowest BCUT2D eigenvalue weighted by Crippen LogP contribution is -2.47. The van der Waals surface area contributed by atoms with Crippen LogP contribution in [0.25, 0.3) is 0 Å². The van der Waals surface area contributed by atoms with Gasteiger partial charge in [0.1, 0.15) is 17.3 Å². The molecule has 0 radical (unpaired) electrons. The summed E-state index contributed by atoms with van der Waals surface area (Å²) in [5, 5.41) is 23.0. The molecule has 2 aromatic rings. The number of cyclic esters (lactones) is 1. The number of aliphatic hydroxyl groups is 2. The molecule has 7 nitrogen and oxygen atoms in total. The Labute approximate surface area is 252 Å². The second-order valence-corrected chi connectivity index (χ2v) is 12.3. The molecule has 0 aliphatic carbocycles. The Hall–Kier alpha value is -2.36. The van der Waals surface area contributed by atoms with E-state index in [0.717, 1.165) is 11.1 Å². The highest BCUT2D eigenvalue weighted by Crippen LogP contribution is 2.35. The van der Waals surface area contributed by atoms with E-state index in [9.17, 15) is 19.8 Å². The van der Waals surface area contributed by atoms with Crippen LogP contribution in [0.1, 0.15) is 65.0 Å². The molecule has 0 unspecified atom stereocenters. The van der Waals surface area contributed by atoms with Gasteiger partial charge in [-0.05, 0) is 56.7 Å². The first kappa shape index (κ1) is 33.1. The Morgan fingerprint density at radius 2 is 1.46 bits per heavy atom. The second-order valence-electron chi connectivity index (χ2n) is 11.5. The fourth-order valence-electron chi connectivity index (χ4n) is 5.02. The third-order valence-corrected chi connectivity index (χ3v) is 8.91. The van der Waals surface area contributed by atoms with Gasteiger partial charge in [-0.25, -0.2) is 0 Å². The number of rotatable bonds is 7. The zero-order valence-electron chi connectivity index (χ0n) is 24.6. The first-order chi connectivity index (χ1) is 19.3. The molecule has 3 rings (SSSR count). The normalized spacial score (nSPS) is 33.4. The number of esters is 1. The van der Waals surface area contributed by atoms with Crippen molar-refractivity contribution in [1.82, 2.24) is 0 Å². The molecule has 2 aromatic carbocycles.